The molecule has 0 heterocycles. The summed E-state index contributed by atoms with van der Waals surface area (Å²) in [6, 6.07) is 11.7. The minimum Gasteiger partial charge on any atom is -0.495 e. The summed E-state index contributed by atoms with van der Waals surface area (Å²) in [5.74, 6) is 0.816. The highest BCUT2D eigenvalue weighted by Gasteiger charge is 2.04. The van der Waals surface area contributed by atoms with Crippen molar-refractivity contribution in [2.24, 2.45) is 0 Å². The highest BCUT2D eigenvalue weighted by atomic mass is 79.9. The Labute approximate surface area is 134 Å². The Balaban J connectivity index is 2.13. The highest BCUT2D eigenvalue weighted by Crippen LogP contribution is 2.29. The van der Waals surface area contributed by atoms with E-state index >= 15 is 0 Å². The predicted molar refractivity (Wildman–Crippen MR) is 87.2 cm³/mol. The predicted octanol–water partition coefficient (Wildman–Crippen LogP) is 5.49. The number of anilines is 1. The smallest absolute Gasteiger partial charge is 0.142 e. The second-order valence-corrected chi connectivity index (χ2v) is 6.12. The van der Waals surface area contributed by atoms with Crippen LogP contribution in [0.3, 0.4) is 0 Å². The number of hydrogen-bond donors (Lipinski definition) is 1. The van der Waals surface area contributed by atoms with Crippen molar-refractivity contribution in [3.63, 3.8) is 0 Å². The Morgan fingerprint density at radius 2 is 1.95 bits per heavy atom. The molecule has 0 unspecified atom stereocenters. The zero-order valence-corrected chi connectivity index (χ0v) is 14.1. The number of benzene rings is 2. The van der Waals surface area contributed by atoms with Gasteiger partial charge in [0.2, 0.25) is 0 Å². The van der Waals surface area contributed by atoms with E-state index in [2.05, 4.69) is 37.2 Å². The van der Waals surface area contributed by atoms with E-state index in [0.29, 0.717) is 11.6 Å². The molecule has 5 heteroatoms. The lowest BCUT2D eigenvalue weighted by Gasteiger charge is -2.12. The Bertz CT molecular complexity index is 590. The summed E-state index contributed by atoms with van der Waals surface area (Å²) < 4.78 is 7.22. The molecule has 0 bridgehead atoms. The second-order valence-electron chi connectivity index (χ2n) is 3.95. The van der Waals surface area contributed by atoms with Crippen LogP contribution in [0.5, 0.6) is 5.75 Å². The molecule has 0 aliphatic heterocycles. The van der Waals surface area contributed by atoms with Crippen molar-refractivity contribution >= 4 is 49.1 Å². The van der Waals surface area contributed by atoms with Gasteiger partial charge in [-0.25, -0.2) is 0 Å². The molecule has 0 aromatic heterocycles. The maximum atomic E-state index is 5.97. The molecule has 0 fully saturated rings. The van der Waals surface area contributed by atoms with E-state index in [-0.39, 0.29) is 0 Å². The standard InChI is InChI=1S/C14H12Br2ClNO/c1-19-14-5-3-10(15)7-13(14)18-8-9-2-4-12(17)11(16)6-9/h2-7,18H,8H2,1H3. The molecular weight excluding hydrogens is 393 g/mol. The molecule has 2 rings (SSSR count). The summed E-state index contributed by atoms with van der Waals surface area (Å²) >= 11 is 12.8. The Hall–Kier alpha value is -0.710. The summed E-state index contributed by atoms with van der Waals surface area (Å²) in [5, 5.41) is 4.06. The van der Waals surface area contributed by atoms with Crippen LogP contribution in [0.25, 0.3) is 0 Å². The first-order valence-electron chi connectivity index (χ1n) is 5.61. The number of nitrogens with one attached hydrogen (secondary N) is 1. The van der Waals surface area contributed by atoms with E-state index in [9.17, 15) is 0 Å². The van der Waals surface area contributed by atoms with Crippen LogP contribution in [0.15, 0.2) is 45.3 Å². The molecule has 19 heavy (non-hydrogen) atoms. The van der Waals surface area contributed by atoms with E-state index in [4.69, 9.17) is 16.3 Å². The average Bonchev–Trinajstić information content (AvgIpc) is 2.40. The molecule has 2 aromatic carbocycles. The topological polar surface area (TPSA) is 21.3 Å². The molecule has 0 radical (unpaired) electrons. The normalized spacial score (nSPS) is 10.3. The van der Waals surface area contributed by atoms with Crippen molar-refractivity contribution in [2.45, 2.75) is 6.54 Å². The second kappa shape index (κ2) is 6.64. The van der Waals surface area contributed by atoms with Gasteiger partial charge in [-0.2, -0.15) is 0 Å². The quantitative estimate of drug-likeness (QED) is 0.727. The van der Waals surface area contributed by atoms with E-state index in [1.807, 2.05) is 36.4 Å². The molecule has 0 aliphatic rings. The van der Waals surface area contributed by atoms with E-state index in [1.54, 1.807) is 7.11 Å². The third-order valence-electron chi connectivity index (χ3n) is 2.63. The Kier molecular flexibility index (Phi) is 5.13. The van der Waals surface area contributed by atoms with Gasteiger partial charge in [-0.05, 0) is 51.8 Å². The third-order valence-corrected chi connectivity index (χ3v) is 4.34. The first kappa shape index (κ1) is 14.7. The van der Waals surface area contributed by atoms with Gasteiger partial charge in [0, 0.05) is 15.5 Å². The van der Waals surface area contributed by atoms with Gasteiger partial charge in [0.15, 0.2) is 0 Å². The maximum absolute atomic E-state index is 5.97. The fraction of sp³-hybridized carbons (Fsp3) is 0.143. The van der Waals surface area contributed by atoms with Crippen molar-refractivity contribution in [3.8, 4) is 5.75 Å². The highest BCUT2D eigenvalue weighted by molar-refractivity contribution is 9.10. The minimum atomic E-state index is 0.697. The third kappa shape index (κ3) is 3.88. The van der Waals surface area contributed by atoms with Gasteiger partial charge in [-0.1, -0.05) is 33.6 Å². The summed E-state index contributed by atoms with van der Waals surface area (Å²) in [4.78, 5) is 0. The molecule has 1 N–H and O–H groups in total. The van der Waals surface area contributed by atoms with Crippen LogP contribution in [-0.2, 0) is 6.54 Å². The Morgan fingerprint density at radius 3 is 2.63 bits per heavy atom. The minimum absolute atomic E-state index is 0.697. The monoisotopic (exact) mass is 403 g/mol. The lowest BCUT2D eigenvalue weighted by molar-refractivity contribution is 0.416. The first-order valence-corrected chi connectivity index (χ1v) is 7.58. The van der Waals surface area contributed by atoms with Crippen LogP contribution in [0.4, 0.5) is 5.69 Å². The average molecular weight is 406 g/mol. The number of rotatable bonds is 4. The molecule has 0 spiro atoms. The van der Waals surface area contributed by atoms with E-state index in [0.717, 1.165) is 25.9 Å². The molecule has 0 saturated heterocycles. The molecular formula is C14H12Br2ClNO. The fourth-order valence-corrected chi connectivity index (χ4v) is 2.57. The fourth-order valence-electron chi connectivity index (χ4n) is 1.67. The van der Waals surface area contributed by atoms with E-state index < -0.39 is 0 Å². The summed E-state index contributed by atoms with van der Waals surface area (Å²) in [5.41, 5.74) is 2.08. The van der Waals surface area contributed by atoms with Crippen LogP contribution in [-0.4, -0.2) is 7.11 Å². The molecule has 0 saturated carbocycles. The molecule has 2 aromatic rings. The van der Waals surface area contributed by atoms with Crippen molar-refractivity contribution in [1.82, 2.24) is 0 Å². The van der Waals surface area contributed by atoms with Gasteiger partial charge >= 0.3 is 0 Å². The number of hydrogen-bond acceptors (Lipinski definition) is 2. The van der Waals surface area contributed by atoms with Gasteiger partial charge in [-0.15, -0.1) is 0 Å². The summed E-state index contributed by atoms with van der Waals surface area (Å²) in [6.07, 6.45) is 0. The largest absolute Gasteiger partial charge is 0.495 e. The first-order chi connectivity index (χ1) is 9.10. The molecule has 100 valence electrons. The van der Waals surface area contributed by atoms with Crippen LogP contribution in [0.2, 0.25) is 5.02 Å². The van der Waals surface area contributed by atoms with Crippen LogP contribution < -0.4 is 10.1 Å². The zero-order chi connectivity index (χ0) is 13.8. The lowest BCUT2D eigenvalue weighted by Crippen LogP contribution is -2.01. The summed E-state index contributed by atoms with van der Waals surface area (Å²) in [7, 11) is 1.66. The number of ether oxygens (including phenoxy) is 1. The van der Waals surface area contributed by atoms with Crippen LogP contribution in [0.1, 0.15) is 5.56 Å². The van der Waals surface area contributed by atoms with Crippen molar-refractivity contribution in [1.29, 1.82) is 0 Å². The molecule has 0 amide bonds. The van der Waals surface area contributed by atoms with Crippen LogP contribution >= 0.6 is 43.5 Å². The van der Waals surface area contributed by atoms with Gasteiger partial charge < -0.3 is 10.1 Å². The Morgan fingerprint density at radius 1 is 1.16 bits per heavy atom. The van der Waals surface area contributed by atoms with Gasteiger partial charge in [-0.3, -0.25) is 0 Å². The van der Waals surface area contributed by atoms with Crippen LogP contribution in [0, 0.1) is 0 Å². The lowest BCUT2D eigenvalue weighted by atomic mass is 10.2. The number of halogens is 3. The van der Waals surface area contributed by atoms with Gasteiger partial charge in [0.1, 0.15) is 5.75 Å². The van der Waals surface area contributed by atoms with Crippen molar-refractivity contribution in [3.05, 3.63) is 55.9 Å². The maximum Gasteiger partial charge on any atom is 0.142 e. The van der Waals surface area contributed by atoms with E-state index in [1.165, 1.54) is 0 Å². The van der Waals surface area contributed by atoms with Gasteiger partial charge in [0.25, 0.3) is 0 Å². The van der Waals surface area contributed by atoms with Gasteiger partial charge in [0.05, 0.1) is 17.8 Å². The molecule has 2 nitrogen and oxygen atoms in total. The zero-order valence-electron chi connectivity index (χ0n) is 10.2. The SMILES string of the molecule is COc1ccc(Br)cc1NCc1ccc(Cl)c(Br)c1. The van der Waals surface area contributed by atoms with Crippen molar-refractivity contribution in [2.75, 3.05) is 12.4 Å². The summed E-state index contributed by atoms with van der Waals surface area (Å²) in [6.45, 7) is 0.697. The molecule has 0 aliphatic carbocycles. The number of methoxy groups -OCH3 is 1. The molecule has 0 atom stereocenters. The van der Waals surface area contributed by atoms with Crippen molar-refractivity contribution < 1.29 is 4.74 Å².